The first-order valence-electron chi connectivity index (χ1n) is 10.4. The maximum Gasteiger partial charge on any atom is 0.247 e. The van der Waals surface area contributed by atoms with Crippen molar-refractivity contribution in [1.82, 2.24) is 0 Å². The van der Waals surface area contributed by atoms with E-state index in [1.54, 1.807) is 0 Å². The molecule has 4 nitrogen and oxygen atoms in total. The first-order valence-corrected chi connectivity index (χ1v) is 10.4. The molecular formula is C24H31NO3. The fourth-order valence-corrected chi connectivity index (χ4v) is 4.63. The Balaban J connectivity index is 1.43. The number of ether oxygens (including phenoxy) is 2. The maximum absolute atomic E-state index is 11.4. The van der Waals surface area contributed by atoms with Crippen LogP contribution < -0.4 is 10.5 Å². The van der Waals surface area contributed by atoms with Gasteiger partial charge in [-0.2, -0.15) is 0 Å². The van der Waals surface area contributed by atoms with Crippen molar-refractivity contribution in [3.8, 4) is 5.75 Å². The summed E-state index contributed by atoms with van der Waals surface area (Å²) in [5, 5.41) is 2.30. The van der Waals surface area contributed by atoms with Gasteiger partial charge in [0.15, 0.2) is 0 Å². The Bertz CT molecular complexity index is 862. The molecule has 2 atom stereocenters. The van der Waals surface area contributed by atoms with Crippen molar-refractivity contribution in [2.45, 2.75) is 64.6 Å². The van der Waals surface area contributed by atoms with Crippen LogP contribution in [0.4, 0.5) is 0 Å². The normalized spacial score (nSPS) is 28.0. The van der Waals surface area contributed by atoms with E-state index in [1.165, 1.54) is 12.8 Å². The van der Waals surface area contributed by atoms with Crippen LogP contribution in [0.3, 0.4) is 0 Å². The highest BCUT2D eigenvalue weighted by atomic mass is 16.5. The molecule has 2 aliphatic rings. The molecule has 1 amide bonds. The summed E-state index contributed by atoms with van der Waals surface area (Å²) in [4.78, 5) is 11.4. The molecule has 2 fully saturated rings. The van der Waals surface area contributed by atoms with Gasteiger partial charge in [0.05, 0.1) is 12.7 Å². The highest BCUT2D eigenvalue weighted by Gasteiger charge is 2.37. The molecule has 0 radical (unpaired) electrons. The highest BCUT2D eigenvalue weighted by Crippen LogP contribution is 2.39. The lowest BCUT2D eigenvalue weighted by molar-refractivity contribution is -0.146. The smallest absolute Gasteiger partial charge is 0.247 e. The molecule has 1 saturated heterocycles. The van der Waals surface area contributed by atoms with Crippen molar-refractivity contribution in [3.05, 3.63) is 42.0 Å². The van der Waals surface area contributed by atoms with Gasteiger partial charge >= 0.3 is 0 Å². The Hall–Kier alpha value is -2.07. The van der Waals surface area contributed by atoms with Gasteiger partial charge in [-0.1, -0.05) is 45.0 Å². The number of primary amides is 1. The van der Waals surface area contributed by atoms with E-state index in [9.17, 15) is 4.79 Å². The average molecular weight is 382 g/mol. The fraction of sp³-hybridized carbons (Fsp3) is 0.542. The van der Waals surface area contributed by atoms with Crippen LogP contribution in [0, 0.1) is 11.3 Å². The molecule has 4 rings (SSSR count). The molecule has 1 aliphatic carbocycles. The van der Waals surface area contributed by atoms with Gasteiger partial charge in [-0.05, 0) is 65.5 Å². The molecule has 150 valence electrons. The van der Waals surface area contributed by atoms with Gasteiger partial charge in [-0.25, -0.2) is 0 Å². The Morgan fingerprint density at radius 2 is 1.71 bits per heavy atom. The molecule has 2 N–H and O–H groups in total. The largest absolute Gasteiger partial charge is 0.490 e. The summed E-state index contributed by atoms with van der Waals surface area (Å²) >= 11 is 0. The number of nitrogens with two attached hydrogens (primary N) is 1. The summed E-state index contributed by atoms with van der Waals surface area (Å²) in [5.41, 5.74) is 6.90. The molecule has 2 unspecified atom stereocenters. The monoisotopic (exact) mass is 381 g/mol. The van der Waals surface area contributed by atoms with Gasteiger partial charge < -0.3 is 15.2 Å². The van der Waals surface area contributed by atoms with E-state index in [4.69, 9.17) is 15.2 Å². The summed E-state index contributed by atoms with van der Waals surface area (Å²) in [6.07, 6.45) is 4.58. The molecule has 0 bridgehead atoms. The van der Waals surface area contributed by atoms with E-state index < -0.39 is 6.10 Å². The van der Waals surface area contributed by atoms with Crippen LogP contribution in [-0.4, -0.2) is 24.7 Å². The fourth-order valence-electron chi connectivity index (χ4n) is 4.63. The van der Waals surface area contributed by atoms with E-state index in [-0.39, 0.29) is 11.8 Å². The molecular weight excluding hydrogens is 350 g/mol. The predicted molar refractivity (Wildman–Crippen MR) is 111 cm³/mol. The molecule has 1 saturated carbocycles. The lowest BCUT2D eigenvalue weighted by Crippen LogP contribution is -2.47. The Kier molecular flexibility index (Phi) is 5.09. The van der Waals surface area contributed by atoms with Crippen molar-refractivity contribution < 1.29 is 14.3 Å². The van der Waals surface area contributed by atoms with Gasteiger partial charge in [0, 0.05) is 5.92 Å². The molecule has 0 aromatic heterocycles. The number of carbonyl (C=O) groups excluding carboxylic acids is 1. The summed E-state index contributed by atoms with van der Waals surface area (Å²) in [6, 6.07) is 12.6. The van der Waals surface area contributed by atoms with Crippen LogP contribution in [0.15, 0.2) is 36.4 Å². The van der Waals surface area contributed by atoms with Crippen molar-refractivity contribution in [2.75, 3.05) is 6.61 Å². The number of amides is 1. The molecule has 2 aromatic rings. The van der Waals surface area contributed by atoms with E-state index >= 15 is 0 Å². The molecule has 0 spiro atoms. The van der Waals surface area contributed by atoms with Gasteiger partial charge in [0.2, 0.25) is 5.91 Å². The topological polar surface area (TPSA) is 61.6 Å². The minimum absolute atomic E-state index is 0.0656. The summed E-state index contributed by atoms with van der Waals surface area (Å²) in [7, 11) is 0. The van der Waals surface area contributed by atoms with Crippen LogP contribution in [-0.2, 0) is 9.53 Å². The first kappa shape index (κ1) is 19.3. The number of hydrogen-bond donors (Lipinski definition) is 1. The molecule has 28 heavy (non-hydrogen) atoms. The van der Waals surface area contributed by atoms with Crippen LogP contribution >= 0.6 is 0 Å². The summed E-state index contributed by atoms with van der Waals surface area (Å²) < 4.78 is 11.6. The van der Waals surface area contributed by atoms with Crippen LogP contribution in [0.5, 0.6) is 5.75 Å². The highest BCUT2D eigenvalue weighted by molar-refractivity contribution is 5.86. The van der Waals surface area contributed by atoms with Crippen molar-refractivity contribution in [1.29, 1.82) is 0 Å². The second-order valence-corrected chi connectivity index (χ2v) is 9.49. The quantitative estimate of drug-likeness (QED) is 0.828. The standard InChI is InChI=1S/C24H31NO3/c1-24(2,3)18-7-10-19(11-8-18)28-20-9-6-15-12-17(5-4-16(15)13-20)21-14-27-22(21)23(25)26/h4-6,9,12-13,18-19,21-22H,7-8,10-11,14H2,1-3H3,(H2,25,26). The van der Waals surface area contributed by atoms with Crippen molar-refractivity contribution >= 4 is 16.7 Å². The predicted octanol–water partition coefficient (Wildman–Crippen LogP) is 4.79. The Labute approximate surface area is 167 Å². The molecule has 1 heterocycles. The Morgan fingerprint density at radius 3 is 2.32 bits per heavy atom. The third-order valence-corrected chi connectivity index (χ3v) is 6.57. The average Bonchev–Trinajstić information content (AvgIpc) is 2.60. The number of carbonyl (C=O) groups is 1. The van der Waals surface area contributed by atoms with Crippen LogP contribution in [0.2, 0.25) is 0 Å². The zero-order chi connectivity index (χ0) is 19.9. The second-order valence-electron chi connectivity index (χ2n) is 9.49. The minimum atomic E-state index is -0.497. The Morgan fingerprint density at radius 1 is 1.04 bits per heavy atom. The number of hydrogen-bond acceptors (Lipinski definition) is 3. The van der Waals surface area contributed by atoms with Gasteiger partial charge in [-0.3, -0.25) is 4.79 Å². The number of rotatable bonds is 4. The van der Waals surface area contributed by atoms with Gasteiger partial charge in [-0.15, -0.1) is 0 Å². The first-order chi connectivity index (χ1) is 13.3. The summed E-state index contributed by atoms with van der Waals surface area (Å²) in [6.45, 7) is 7.59. The SMILES string of the molecule is CC(C)(C)C1CCC(Oc2ccc3cc(C4COC4C(N)=O)ccc3c2)CC1. The van der Waals surface area contributed by atoms with Gasteiger partial charge in [0.25, 0.3) is 0 Å². The third kappa shape index (κ3) is 3.88. The number of benzene rings is 2. The maximum atomic E-state index is 11.4. The summed E-state index contributed by atoms with van der Waals surface area (Å²) in [5.74, 6) is 1.42. The van der Waals surface area contributed by atoms with E-state index in [2.05, 4.69) is 57.2 Å². The zero-order valence-electron chi connectivity index (χ0n) is 17.1. The lowest BCUT2D eigenvalue weighted by Gasteiger charge is -2.37. The molecule has 2 aromatic carbocycles. The van der Waals surface area contributed by atoms with Crippen LogP contribution in [0.1, 0.15) is 57.9 Å². The van der Waals surface area contributed by atoms with Crippen molar-refractivity contribution in [2.24, 2.45) is 17.1 Å². The lowest BCUT2D eigenvalue weighted by atomic mass is 9.72. The van der Waals surface area contributed by atoms with E-state index in [0.717, 1.165) is 40.8 Å². The van der Waals surface area contributed by atoms with E-state index in [1.807, 2.05) is 0 Å². The zero-order valence-corrected chi connectivity index (χ0v) is 17.1. The van der Waals surface area contributed by atoms with Gasteiger partial charge in [0.1, 0.15) is 11.9 Å². The van der Waals surface area contributed by atoms with Crippen molar-refractivity contribution in [3.63, 3.8) is 0 Å². The number of fused-ring (bicyclic) bond motifs is 1. The second kappa shape index (κ2) is 7.40. The molecule has 1 aliphatic heterocycles. The van der Waals surface area contributed by atoms with Crippen LogP contribution in [0.25, 0.3) is 10.8 Å². The third-order valence-electron chi connectivity index (χ3n) is 6.57. The minimum Gasteiger partial charge on any atom is -0.490 e. The molecule has 4 heteroatoms. The van der Waals surface area contributed by atoms with E-state index in [0.29, 0.717) is 18.1 Å².